The largest absolute Gasteiger partial charge is 0.457 e. The topological polar surface area (TPSA) is 35.2 Å². The number of benzene rings is 2. The third-order valence-electron chi connectivity index (χ3n) is 3.52. The van der Waals surface area contributed by atoms with Gasteiger partial charge in [0.2, 0.25) is 0 Å². The lowest BCUT2D eigenvalue weighted by Crippen LogP contribution is -2.02. The summed E-state index contributed by atoms with van der Waals surface area (Å²) in [6.45, 7) is 4.56. The zero-order valence-corrected chi connectivity index (χ0v) is 11.9. The summed E-state index contributed by atoms with van der Waals surface area (Å²) in [7, 11) is 0. The first-order valence-corrected chi connectivity index (χ1v) is 6.91. The van der Waals surface area contributed by atoms with Gasteiger partial charge in [-0.15, -0.1) is 0 Å². The van der Waals surface area contributed by atoms with Crippen LogP contribution in [0.5, 0.6) is 11.5 Å². The molecule has 2 aromatic rings. The van der Waals surface area contributed by atoms with Crippen LogP contribution in [0.1, 0.15) is 37.3 Å². The molecule has 0 aliphatic carbocycles. The third-order valence-corrected chi connectivity index (χ3v) is 3.52. The summed E-state index contributed by atoms with van der Waals surface area (Å²) >= 11 is 0. The molecule has 2 rings (SSSR count). The quantitative estimate of drug-likeness (QED) is 0.864. The summed E-state index contributed by atoms with van der Waals surface area (Å²) in [4.78, 5) is 0. The second kappa shape index (κ2) is 6.53. The fourth-order valence-corrected chi connectivity index (χ4v) is 2.13. The monoisotopic (exact) mass is 273 g/mol. The maximum Gasteiger partial charge on any atom is 0.132 e. The van der Waals surface area contributed by atoms with Crippen molar-refractivity contribution in [1.82, 2.24) is 0 Å². The van der Waals surface area contributed by atoms with E-state index in [-0.39, 0.29) is 12.4 Å². The van der Waals surface area contributed by atoms with E-state index in [0.717, 1.165) is 17.7 Å². The van der Waals surface area contributed by atoms with E-state index in [9.17, 15) is 4.39 Å². The second-order valence-electron chi connectivity index (χ2n) is 4.91. The van der Waals surface area contributed by atoms with Gasteiger partial charge in [0.05, 0.1) is 0 Å². The molecule has 0 radical (unpaired) electrons. The van der Waals surface area contributed by atoms with E-state index in [4.69, 9.17) is 10.5 Å². The van der Waals surface area contributed by atoms with E-state index >= 15 is 0 Å². The number of halogens is 1. The van der Waals surface area contributed by atoms with Crippen molar-refractivity contribution >= 4 is 0 Å². The Balaban J connectivity index is 2.35. The molecular weight excluding hydrogens is 253 g/mol. The van der Waals surface area contributed by atoms with Crippen molar-refractivity contribution in [2.75, 3.05) is 0 Å². The van der Waals surface area contributed by atoms with Gasteiger partial charge in [-0.25, -0.2) is 4.39 Å². The highest BCUT2D eigenvalue weighted by atomic mass is 19.1. The Morgan fingerprint density at radius 3 is 2.60 bits per heavy atom. The van der Waals surface area contributed by atoms with Gasteiger partial charge in [0.1, 0.15) is 17.3 Å². The number of ether oxygens (including phenoxy) is 1. The highest BCUT2D eigenvalue weighted by molar-refractivity contribution is 5.42. The Labute approximate surface area is 119 Å². The van der Waals surface area contributed by atoms with Gasteiger partial charge >= 0.3 is 0 Å². The zero-order chi connectivity index (χ0) is 14.5. The number of hydrogen-bond donors (Lipinski definition) is 1. The molecule has 0 saturated heterocycles. The Morgan fingerprint density at radius 1 is 1.15 bits per heavy atom. The smallest absolute Gasteiger partial charge is 0.132 e. The van der Waals surface area contributed by atoms with Crippen molar-refractivity contribution in [3.8, 4) is 11.5 Å². The molecule has 0 spiro atoms. The number of hydrogen-bond acceptors (Lipinski definition) is 2. The maximum atomic E-state index is 13.2. The van der Waals surface area contributed by atoms with Gasteiger partial charge in [0.25, 0.3) is 0 Å². The fourth-order valence-electron chi connectivity index (χ4n) is 2.13. The minimum absolute atomic E-state index is 0.249. The lowest BCUT2D eigenvalue weighted by molar-refractivity contribution is 0.462. The van der Waals surface area contributed by atoms with Crippen molar-refractivity contribution in [2.24, 2.45) is 5.73 Å². The molecule has 0 fully saturated rings. The molecule has 0 aliphatic heterocycles. The Bertz CT molecular complexity index is 583. The Morgan fingerprint density at radius 2 is 1.90 bits per heavy atom. The van der Waals surface area contributed by atoms with E-state index in [2.05, 4.69) is 19.9 Å². The van der Waals surface area contributed by atoms with Crippen molar-refractivity contribution in [2.45, 2.75) is 32.7 Å². The average Bonchev–Trinajstić information content (AvgIpc) is 2.48. The van der Waals surface area contributed by atoms with E-state index in [0.29, 0.717) is 17.2 Å². The summed E-state index contributed by atoms with van der Waals surface area (Å²) in [5.41, 5.74) is 7.48. The van der Waals surface area contributed by atoms with Gasteiger partial charge in [0.15, 0.2) is 0 Å². The van der Waals surface area contributed by atoms with Gasteiger partial charge in [-0.2, -0.15) is 0 Å². The average molecular weight is 273 g/mol. The Hall–Kier alpha value is -1.87. The standard InChI is InChI=1S/C17H20FNO/c1-3-12(2)15-6-4-5-7-17(15)20-16-9-8-14(18)10-13(16)11-19/h4-10,12H,3,11,19H2,1-2H3. The van der Waals surface area contributed by atoms with Crippen LogP contribution in [0.3, 0.4) is 0 Å². The van der Waals surface area contributed by atoms with Gasteiger partial charge in [-0.1, -0.05) is 32.0 Å². The normalized spacial score (nSPS) is 12.2. The predicted octanol–water partition coefficient (Wildman–Crippen LogP) is 4.59. The molecule has 0 bridgehead atoms. The minimum Gasteiger partial charge on any atom is -0.457 e. The first-order valence-electron chi connectivity index (χ1n) is 6.91. The molecule has 0 aromatic heterocycles. The van der Waals surface area contributed by atoms with Gasteiger partial charge in [-0.3, -0.25) is 0 Å². The molecule has 2 nitrogen and oxygen atoms in total. The number of para-hydroxylation sites is 1. The molecule has 0 aliphatic rings. The summed E-state index contributed by atoms with van der Waals surface area (Å²) in [6.07, 6.45) is 1.04. The first kappa shape index (κ1) is 14.5. The van der Waals surface area contributed by atoms with Crippen LogP contribution < -0.4 is 10.5 Å². The summed E-state index contributed by atoms with van der Waals surface area (Å²) in [6, 6.07) is 12.4. The molecule has 3 heteroatoms. The molecule has 106 valence electrons. The number of nitrogens with two attached hydrogens (primary N) is 1. The van der Waals surface area contributed by atoms with E-state index < -0.39 is 0 Å². The van der Waals surface area contributed by atoms with Crippen LogP contribution in [0, 0.1) is 5.82 Å². The van der Waals surface area contributed by atoms with Crippen LogP contribution in [0.25, 0.3) is 0 Å². The molecule has 1 unspecified atom stereocenters. The van der Waals surface area contributed by atoms with E-state index in [1.807, 2.05) is 18.2 Å². The Kier molecular flexibility index (Phi) is 4.74. The van der Waals surface area contributed by atoms with E-state index in [1.54, 1.807) is 6.07 Å². The van der Waals surface area contributed by atoms with Crippen molar-refractivity contribution in [3.63, 3.8) is 0 Å². The van der Waals surface area contributed by atoms with Gasteiger partial charge in [0, 0.05) is 12.1 Å². The fraction of sp³-hybridized carbons (Fsp3) is 0.294. The van der Waals surface area contributed by atoms with Crippen LogP contribution in [-0.4, -0.2) is 0 Å². The highest BCUT2D eigenvalue weighted by Gasteiger charge is 2.12. The van der Waals surface area contributed by atoms with Gasteiger partial charge in [-0.05, 0) is 42.2 Å². The van der Waals surface area contributed by atoms with Gasteiger partial charge < -0.3 is 10.5 Å². The number of rotatable bonds is 5. The first-order chi connectivity index (χ1) is 9.65. The summed E-state index contributed by atoms with van der Waals surface area (Å²) in [5.74, 6) is 1.54. The molecule has 20 heavy (non-hydrogen) atoms. The lowest BCUT2D eigenvalue weighted by Gasteiger charge is -2.17. The molecule has 0 heterocycles. The molecule has 1 atom stereocenters. The van der Waals surface area contributed by atoms with Crippen molar-refractivity contribution in [3.05, 3.63) is 59.4 Å². The van der Waals surface area contributed by atoms with Crippen molar-refractivity contribution in [1.29, 1.82) is 0 Å². The highest BCUT2D eigenvalue weighted by Crippen LogP contribution is 2.33. The van der Waals surface area contributed by atoms with Crippen LogP contribution in [0.15, 0.2) is 42.5 Å². The molecule has 2 aromatic carbocycles. The molecule has 0 amide bonds. The van der Waals surface area contributed by atoms with Crippen LogP contribution >= 0.6 is 0 Å². The SMILES string of the molecule is CCC(C)c1ccccc1Oc1ccc(F)cc1CN. The summed E-state index contributed by atoms with van der Waals surface area (Å²) < 4.78 is 19.2. The van der Waals surface area contributed by atoms with Crippen LogP contribution in [-0.2, 0) is 6.54 Å². The molecular formula is C17H20FNO. The molecule has 0 saturated carbocycles. The summed E-state index contributed by atoms with van der Waals surface area (Å²) in [5, 5.41) is 0. The predicted molar refractivity (Wildman–Crippen MR) is 79.5 cm³/mol. The lowest BCUT2D eigenvalue weighted by atomic mass is 9.98. The maximum absolute atomic E-state index is 13.2. The molecule has 2 N–H and O–H groups in total. The second-order valence-corrected chi connectivity index (χ2v) is 4.91. The minimum atomic E-state index is -0.298. The van der Waals surface area contributed by atoms with Crippen molar-refractivity contribution < 1.29 is 9.13 Å². The van der Waals surface area contributed by atoms with Crippen LogP contribution in [0.4, 0.5) is 4.39 Å². The van der Waals surface area contributed by atoms with E-state index in [1.165, 1.54) is 12.1 Å². The zero-order valence-electron chi connectivity index (χ0n) is 11.9. The van der Waals surface area contributed by atoms with Crippen LogP contribution in [0.2, 0.25) is 0 Å². The third kappa shape index (κ3) is 3.17.